The van der Waals surface area contributed by atoms with Gasteiger partial charge in [0.15, 0.2) is 0 Å². The lowest BCUT2D eigenvalue weighted by Gasteiger charge is -2.48. The first kappa shape index (κ1) is 20.7. The van der Waals surface area contributed by atoms with Crippen LogP contribution in [-0.4, -0.2) is 28.3 Å². The van der Waals surface area contributed by atoms with Gasteiger partial charge in [-0.1, -0.05) is 26.0 Å². The Labute approximate surface area is 193 Å². The van der Waals surface area contributed by atoms with E-state index >= 15 is 0 Å². The fraction of sp³-hybridized carbons (Fsp3) is 0.444. The first-order valence-electron chi connectivity index (χ1n) is 11.9. The summed E-state index contributed by atoms with van der Waals surface area (Å²) in [5.41, 5.74) is 2.32. The topological polar surface area (TPSA) is 41.9 Å². The zero-order valence-electron chi connectivity index (χ0n) is 19.1. The summed E-state index contributed by atoms with van der Waals surface area (Å²) in [7, 11) is 0. The second-order valence-corrected chi connectivity index (χ2v) is 10.4. The van der Waals surface area contributed by atoms with Gasteiger partial charge in [0.05, 0.1) is 17.0 Å². The van der Waals surface area contributed by atoms with Crippen LogP contribution in [-0.2, 0) is 5.41 Å². The van der Waals surface area contributed by atoms with Crippen molar-refractivity contribution in [2.24, 2.45) is 11.3 Å². The molecule has 3 heterocycles. The summed E-state index contributed by atoms with van der Waals surface area (Å²) in [5.74, 6) is 0.585. The Kier molecular flexibility index (Phi) is 4.58. The van der Waals surface area contributed by atoms with Gasteiger partial charge in [-0.3, -0.25) is 0 Å². The molecule has 0 spiro atoms. The van der Waals surface area contributed by atoms with Crippen molar-refractivity contribution in [2.75, 3.05) is 18.0 Å². The summed E-state index contributed by atoms with van der Waals surface area (Å²) in [6.45, 7) is 6.67. The number of anilines is 1. The molecule has 1 saturated carbocycles. The second-order valence-electron chi connectivity index (χ2n) is 10.4. The summed E-state index contributed by atoms with van der Waals surface area (Å²) in [4.78, 5) is 7.00. The van der Waals surface area contributed by atoms with Crippen molar-refractivity contribution in [2.45, 2.75) is 50.9 Å². The fourth-order valence-corrected chi connectivity index (χ4v) is 7.27. The van der Waals surface area contributed by atoms with Crippen LogP contribution < -0.4 is 4.90 Å². The predicted octanol–water partition coefficient (Wildman–Crippen LogP) is 5.89. The van der Waals surface area contributed by atoms with Gasteiger partial charge in [0.25, 0.3) is 0 Å². The Morgan fingerprint density at radius 3 is 2.58 bits per heavy atom. The van der Waals surface area contributed by atoms with E-state index in [1.165, 1.54) is 18.2 Å². The molecule has 3 aliphatic rings. The molecule has 2 bridgehead atoms. The Balaban J connectivity index is 1.43. The number of benzene rings is 1. The molecule has 6 rings (SSSR count). The van der Waals surface area contributed by atoms with Crippen LogP contribution in [0.25, 0.3) is 11.3 Å². The molecule has 0 amide bonds. The van der Waals surface area contributed by atoms with Crippen molar-refractivity contribution < 1.29 is 8.78 Å². The number of hydrogen-bond donors (Lipinski definition) is 0. The molecule has 2 aromatic heterocycles. The van der Waals surface area contributed by atoms with Gasteiger partial charge < -0.3 is 4.90 Å². The zero-order chi connectivity index (χ0) is 22.8. The van der Waals surface area contributed by atoms with Crippen LogP contribution in [0.15, 0.2) is 48.7 Å². The van der Waals surface area contributed by atoms with Gasteiger partial charge in [0.2, 0.25) is 0 Å². The van der Waals surface area contributed by atoms with Gasteiger partial charge in [0, 0.05) is 24.7 Å². The molecule has 4 nitrogen and oxygen atoms in total. The maximum atomic E-state index is 14.5. The molecule has 33 heavy (non-hydrogen) atoms. The molecular weight excluding hydrogens is 418 g/mol. The van der Waals surface area contributed by atoms with Gasteiger partial charge in [-0.2, -0.15) is 10.2 Å². The average Bonchev–Trinajstić information content (AvgIpc) is 3.21. The number of pyridine rings is 1. The smallest absolute Gasteiger partial charge is 0.135 e. The van der Waals surface area contributed by atoms with E-state index in [2.05, 4.69) is 34.9 Å². The van der Waals surface area contributed by atoms with E-state index in [1.807, 2.05) is 24.4 Å². The van der Waals surface area contributed by atoms with Crippen molar-refractivity contribution in [1.82, 2.24) is 15.2 Å². The number of piperidine rings is 1. The van der Waals surface area contributed by atoms with Crippen LogP contribution in [0.3, 0.4) is 0 Å². The number of rotatable bonds is 3. The normalized spacial score (nSPS) is 27.6. The highest BCUT2D eigenvalue weighted by Gasteiger charge is 2.66. The van der Waals surface area contributed by atoms with Crippen molar-refractivity contribution in [1.29, 1.82) is 0 Å². The Morgan fingerprint density at radius 2 is 1.82 bits per heavy atom. The summed E-state index contributed by atoms with van der Waals surface area (Å²) in [6.07, 6.45) is 6.27. The molecule has 2 fully saturated rings. The van der Waals surface area contributed by atoms with E-state index in [0.29, 0.717) is 17.5 Å². The van der Waals surface area contributed by atoms with Gasteiger partial charge in [-0.25, -0.2) is 13.8 Å². The van der Waals surface area contributed by atoms with Crippen LogP contribution in [0, 0.1) is 23.0 Å². The Bertz CT molecular complexity index is 1190. The molecule has 1 aromatic carbocycles. The summed E-state index contributed by atoms with van der Waals surface area (Å²) in [5, 5.41) is 9.11. The van der Waals surface area contributed by atoms with E-state index in [1.54, 1.807) is 0 Å². The number of nitrogens with zero attached hydrogens (tertiary/aromatic N) is 4. The van der Waals surface area contributed by atoms with Crippen LogP contribution >= 0.6 is 0 Å². The summed E-state index contributed by atoms with van der Waals surface area (Å²) < 4.78 is 29.0. The monoisotopic (exact) mass is 446 g/mol. The highest BCUT2D eigenvalue weighted by atomic mass is 19.1. The molecule has 3 atom stereocenters. The number of aromatic nitrogens is 3. The first-order chi connectivity index (χ1) is 15.9. The summed E-state index contributed by atoms with van der Waals surface area (Å²) in [6, 6.07) is 11.9. The van der Waals surface area contributed by atoms with Gasteiger partial charge in [0.1, 0.15) is 17.5 Å². The molecule has 0 radical (unpaired) electrons. The third-order valence-corrected chi connectivity index (χ3v) is 8.78. The van der Waals surface area contributed by atoms with Crippen molar-refractivity contribution in [3.05, 3.63) is 71.6 Å². The highest BCUT2D eigenvalue weighted by Crippen LogP contribution is 2.70. The standard InChI is InChI=1S/C27H28F2N4/c1-26(2)19-11-12-27(26,17-7-6-14-33(16-17)23-10-3-4-13-30-23)25-18(19)15-22(31-32-25)24-20(28)8-5-9-21(24)29/h3-5,8-10,13,15,17,19H,6-7,11-12,14,16H2,1-2H3/t17-,19-,27-/m0/s1. The molecule has 1 saturated heterocycles. The first-order valence-corrected chi connectivity index (χ1v) is 11.9. The predicted molar refractivity (Wildman–Crippen MR) is 124 cm³/mol. The minimum absolute atomic E-state index is 0.00814. The van der Waals surface area contributed by atoms with Crippen LogP contribution in [0.2, 0.25) is 0 Å². The third-order valence-electron chi connectivity index (χ3n) is 8.78. The van der Waals surface area contributed by atoms with E-state index in [0.717, 1.165) is 55.8 Å². The second kappa shape index (κ2) is 7.31. The lowest BCUT2D eigenvalue weighted by Crippen LogP contribution is -2.50. The quantitative estimate of drug-likeness (QED) is 0.503. The number of hydrogen-bond acceptors (Lipinski definition) is 4. The van der Waals surface area contributed by atoms with Crippen molar-refractivity contribution in [3.8, 4) is 11.3 Å². The Morgan fingerprint density at radius 1 is 1.00 bits per heavy atom. The highest BCUT2D eigenvalue weighted by molar-refractivity contribution is 5.63. The minimum atomic E-state index is -0.598. The minimum Gasteiger partial charge on any atom is -0.356 e. The van der Waals surface area contributed by atoms with Gasteiger partial charge in [-0.05, 0) is 78.8 Å². The van der Waals surface area contributed by atoms with E-state index in [-0.39, 0.29) is 16.4 Å². The molecule has 2 aliphatic carbocycles. The number of fused-ring (bicyclic) bond motifs is 5. The molecule has 1 aliphatic heterocycles. The maximum absolute atomic E-state index is 14.5. The zero-order valence-corrected chi connectivity index (χ0v) is 19.1. The van der Waals surface area contributed by atoms with Crippen LogP contribution in [0.4, 0.5) is 14.6 Å². The van der Waals surface area contributed by atoms with Crippen molar-refractivity contribution in [3.63, 3.8) is 0 Å². The summed E-state index contributed by atoms with van der Waals surface area (Å²) >= 11 is 0. The maximum Gasteiger partial charge on any atom is 0.135 e. The number of halogens is 2. The molecular formula is C27H28F2N4. The fourth-order valence-electron chi connectivity index (χ4n) is 7.27. The molecule has 0 N–H and O–H groups in total. The van der Waals surface area contributed by atoms with E-state index < -0.39 is 11.6 Å². The van der Waals surface area contributed by atoms with E-state index in [9.17, 15) is 8.78 Å². The van der Waals surface area contributed by atoms with Gasteiger partial charge in [-0.15, -0.1) is 0 Å². The van der Waals surface area contributed by atoms with Crippen LogP contribution in [0.5, 0.6) is 0 Å². The van der Waals surface area contributed by atoms with Gasteiger partial charge >= 0.3 is 0 Å². The lowest BCUT2D eigenvalue weighted by molar-refractivity contribution is 0.112. The van der Waals surface area contributed by atoms with E-state index in [4.69, 9.17) is 5.10 Å². The Hall–Kier alpha value is -2.89. The van der Waals surface area contributed by atoms with Crippen molar-refractivity contribution >= 4 is 5.82 Å². The van der Waals surface area contributed by atoms with Crippen LogP contribution in [0.1, 0.15) is 56.7 Å². The lowest BCUT2D eigenvalue weighted by atomic mass is 9.59. The molecule has 3 aromatic rings. The molecule has 170 valence electrons. The SMILES string of the molecule is CC1(C)[C@H]2CC[C@]1([C@H]1CCCN(c3ccccn3)C1)c1nnc(-c3c(F)cccc3F)cc12. The molecule has 0 unspecified atom stereocenters. The third kappa shape index (κ3) is 2.82. The molecule has 6 heteroatoms. The average molecular weight is 447 g/mol. The largest absolute Gasteiger partial charge is 0.356 e.